The molecule has 3 N–H and O–H groups in total. The van der Waals surface area contributed by atoms with Crippen LogP contribution >= 0.6 is 0 Å². The normalized spacial score (nSPS) is 11.1. The standard InChI is InChI=1S/C17H20FN3O3S/c1-19-25(23,24)12-15-4-2-13(3-5-15)10-20-17(22)21-11-14-6-8-16(18)9-7-14/h2-9,19H,10-12H2,1H3,(H2,20,21,22). The molecule has 25 heavy (non-hydrogen) atoms. The maximum absolute atomic E-state index is 12.8. The van der Waals surface area contributed by atoms with Crippen LogP contribution in [0.5, 0.6) is 0 Å². The lowest BCUT2D eigenvalue weighted by Crippen LogP contribution is -2.34. The van der Waals surface area contributed by atoms with E-state index in [-0.39, 0.29) is 17.6 Å². The van der Waals surface area contributed by atoms with Crippen molar-refractivity contribution in [3.63, 3.8) is 0 Å². The van der Waals surface area contributed by atoms with Gasteiger partial charge in [0.1, 0.15) is 5.82 Å². The van der Waals surface area contributed by atoms with Gasteiger partial charge in [-0.1, -0.05) is 36.4 Å². The molecule has 2 aromatic carbocycles. The Morgan fingerprint density at radius 2 is 1.32 bits per heavy atom. The van der Waals surface area contributed by atoms with E-state index in [2.05, 4.69) is 15.4 Å². The molecule has 0 spiro atoms. The van der Waals surface area contributed by atoms with E-state index >= 15 is 0 Å². The van der Waals surface area contributed by atoms with E-state index in [4.69, 9.17) is 0 Å². The van der Waals surface area contributed by atoms with Gasteiger partial charge in [0.05, 0.1) is 5.75 Å². The van der Waals surface area contributed by atoms with Gasteiger partial charge < -0.3 is 10.6 Å². The molecule has 0 saturated heterocycles. The zero-order valence-electron chi connectivity index (χ0n) is 13.8. The first-order valence-electron chi connectivity index (χ1n) is 7.63. The second-order valence-electron chi connectivity index (χ2n) is 5.44. The van der Waals surface area contributed by atoms with Crippen LogP contribution in [0.15, 0.2) is 48.5 Å². The summed E-state index contributed by atoms with van der Waals surface area (Å²) in [5.74, 6) is -0.408. The van der Waals surface area contributed by atoms with Crippen LogP contribution in [0.2, 0.25) is 0 Å². The molecule has 134 valence electrons. The van der Waals surface area contributed by atoms with E-state index < -0.39 is 10.0 Å². The number of urea groups is 1. The first-order chi connectivity index (χ1) is 11.9. The third-order valence-electron chi connectivity index (χ3n) is 3.51. The molecule has 0 heterocycles. The minimum atomic E-state index is -3.30. The average Bonchev–Trinajstić information content (AvgIpc) is 2.60. The van der Waals surface area contributed by atoms with Gasteiger partial charge in [0, 0.05) is 13.1 Å². The lowest BCUT2D eigenvalue weighted by atomic mass is 10.1. The van der Waals surface area contributed by atoms with Gasteiger partial charge in [-0.3, -0.25) is 0 Å². The van der Waals surface area contributed by atoms with Crippen molar-refractivity contribution in [2.75, 3.05) is 7.05 Å². The number of halogens is 1. The van der Waals surface area contributed by atoms with Gasteiger partial charge in [-0.25, -0.2) is 22.3 Å². The fraction of sp³-hybridized carbons (Fsp3) is 0.235. The van der Waals surface area contributed by atoms with E-state index in [1.807, 2.05) is 0 Å². The van der Waals surface area contributed by atoms with Gasteiger partial charge in [-0.05, 0) is 35.9 Å². The minimum Gasteiger partial charge on any atom is -0.334 e. The minimum absolute atomic E-state index is 0.0879. The predicted octanol–water partition coefficient (Wildman–Crippen LogP) is 1.87. The SMILES string of the molecule is CNS(=O)(=O)Cc1ccc(CNC(=O)NCc2ccc(F)cc2)cc1. The largest absolute Gasteiger partial charge is 0.334 e. The highest BCUT2D eigenvalue weighted by Gasteiger charge is 2.08. The lowest BCUT2D eigenvalue weighted by molar-refractivity contribution is 0.240. The molecule has 0 unspecified atom stereocenters. The van der Waals surface area contributed by atoms with Crippen molar-refractivity contribution in [3.05, 3.63) is 71.0 Å². The number of rotatable bonds is 7. The molecule has 2 rings (SSSR count). The molecule has 0 aliphatic carbocycles. The summed E-state index contributed by atoms with van der Waals surface area (Å²) in [4.78, 5) is 11.8. The number of hydrogen-bond acceptors (Lipinski definition) is 3. The molecular weight excluding hydrogens is 345 g/mol. The van der Waals surface area contributed by atoms with Crippen LogP contribution in [0, 0.1) is 5.82 Å². The summed E-state index contributed by atoms with van der Waals surface area (Å²) < 4.78 is 38.0. The number of carbonyl (C=O) groups is 1. The van der Waals surface area contributed by atoms with Gasteiger partial charge in [0.15, 0.2) is 0 Å². The Kier molecular flexibility index (Phi) is 6.49. The van der Waals surface area contributed by atoms with Gasteiger partial charge in [0.2, 0.25) is 10.0 Å². The van der Waals surface area contributed by atoms with Gasteiger partial charge in [0.25, 0.3) is 0 Å². The smallest absolute Gasteiger partial charge is 0.315 e. The van der Waals surface area contributed by atoms with Crippen molar-refractivity contribution in [1.82, 2.24) is 15.4 Å². The monoisotopic (exact) mass is 365 g/mol. The fourth-order valence-electron chi connectivity index (χ4n) is 2.07. The highest BCUT2D eigenvalue weighted by atomic mass is 32.2. The number of sulfonamides is 1. The van der Waals surface area contributed by atoms with Crippen LogP contribution in [0.1, 0.15) is 16.7 Å². The Bertz CT molecular complexity index is 806. The van der Waals surface area contributed by atoms with Gasteiger partial charge in [-0.2, -0.15) is 0 Å². The van der Waals surface area contributed by atoms with Gasteiger partial charge in [-0.15, -0.1) is 0 Å². The highest BCUT2D eigenvalue weighted by molar-refractivity contribution is 7.88. The summed E-state index contributed by atoms with van der Waals surface area (Å²) in [6.45, 7) is 0.612. The van der Waals surface area contributed by atoms with E-state index in [0.717, 1.165) is 11.1 Å². The number of benzene rings is 2. The molecular formula is C17H20FN3O3S. The lowest BCUT2D eigenvalue weighted by Gasteiger charge is -2.09. The predicted molar refractivity (Wildman–Crippen MR) is 93.6 cm³/mol. The zero-order valence-corrected chi connectivity index (χ0v) is 14.6. The molecule has 0 radical (unpaired) electrons. The molecule has 0 atom stereocenters. The van der Waals surface area contributed by atoms with Crippen molar-refractivity contribution >= 4 is 16.1 Å². The third-order valence-corrected chi connectivity index (χ3v) is 4.85. The van der Waals surface area contributed by atoms with Crippen LogP contribution < -0.4 is 15.4 Å². The van der Waals surface area contributed by atoms with E-state index in [0.29, 0.717) is 18.7 Å². The molecule has 2 aromatic rings. The van der Waals surface area contributed by atoms with Crippen molar-refractivity contribution in [2.45, 2.75) is 18.8 Å². The van der Waals surface area contributed by atoms with Crippen LogP contribution in [0.4, 0.5) is 9.18 Å². The molecule has 8 heteroatoms. The van der Waals surface area contributed by atoms with E-state index in [1.54, 1.807) is 36.4 Å². The Morgan fingerprint density at radius 1 is 0.880 bits per heavy atom. The second-order valence-corrected chi connectivity index (χ2v) is 7.37. The quantitative estimate of drug-likeness (QED) is 0.700. The van der Waals surface area contributed by atoms with Crippen LogP contribution in [0.3, 0.4) is 0 Å². The fourth-order valence-corrected chi connectivity index (χ4v) is 2.85. The number of carbonyl (C=O) groups excluding carboxylic acids is 1. The molecule has 0 fully saturated rings. The van der Waals surface area contributed by atoms with Crippen molar-refractivity contribution < 1.29 is 17.6 Å². The summed E-state index contributed by atoms with van der Waals surface area (Å²) >= 11 is 0. The summed E-state index contributed by atoms with van der Waals surface area (Å²) in [6.07, 6.45) is 0. The number of amides is 2. The molecule has 0 saturated carbocycles. The van der Waals surface area contributed by atoms with E-state index in [9.17, 15) is 17.6 Å². The summed E-state index contributed by atoms with van der Waals surface area (Å²) in [6, 6.07) is 12.5. The second kappa shape index (κ2) is 8.59. The number of hydrogen-bond donors (Lipinski definition) is 3. The Morgan fingerprint density at radius 3 is 1.80 bits per heavy atom. The van der Waals surface area contributed by atoms with E-state index in [1.165, 1.54) is 19.2 Å². The number of nitrogens with one attached hydrogen (secondary N) is 3. The first-order valence-corrected chi connectivity index (χ1v) is 9.28. The zero-order chi connectivity index (χ0) is 18.3. The van der Waals surface area contributed by atoms with Gasteiger partial charge >= 0.3 is 6.03 Å². The van der Waals surface area contributed by atoms with Crippen molar-refractivity contribution in [1.29, 1.82) is 0 Å². The molecule has 0 aliphatic heterocycles. The van der Waals surface area contributed by atoms with Crippen LogP contribution in [-0.2, 0) is 28.9 Å². The van der Waals surface area contributed by atoms with Crippen LogP contribution in [0.25, 0.3) is 0 Å². The topological polar surface area (TPSA) is 87.3 Å². The first kappa shape index (κ1) is 18.9. The Balaban J connectivity index is 1.78. The van der Waals surface area contributed by atoms with Crippen molar-refractivity contribution in [2.24, 2.45) is 0 Å². The molecule has 6 nitrogen and oxygen atoms in total. The maximum atomic E-state index is 12.8. The highest BCUT2D eigenvalue weighted by Crippen LogP contribution is 2.07. The molecule has 2 amide bonds. The summed E-state index contributed by atoms with van der Waals surface area (Å²) in [7, 11) is -1.93. The maximum Gasteiger partial charge on any atom is 0.315 e. The Labute approximate surface area is 146 Å². The molecule has 0 bridgehead atoms. The Hall–Kier alpha value is -2.45. The summed E-state index contributed by atoms with van der Waals surface area (Å²) in [5, 5.41) is 5.38. The average molecular weight is 365 g/mol. The molecule has 0 aliphatic rings. The summed E-state index contributed by atoms with van der Waals surface area (Å²) in [5.41, 5.74) is 2.31. The van der Waals surface area contributed by atoms with Crippen LogP contribution in [-0.4, -0.2) is 21.5 Å². The van der Waals surface area contributed by atoms with Crippen molar-refractivity contribution in [3.8, 4) is 0 Å². The third kappa shape index (κ3) is 6.52. The molecule has 0 aromatic heterocycles.